The fourth-order valence-corrected chi connectivity index (χ4v) is 2.26. The molecular weight excluding hydrogens is 200 g/mol. The molecule has 15 heavy (non-hydrogen) atoms. The third kappa shape index (κ3) is 10.6. The molecule has 0 aromatic carbocycles. The highest BCUT2D eigenvalue weighted by Gasteiger charge is 2.07. The summed E-state index contributed by atoms with van der Waals surface area (Å²) in [5.74, 6) is 2.09. The van der Waals surface area contributed by atoms with Gasteiger partial charge in [-0.1, -0.05) is 65.2 Å². The molecule has 0 saturated heterocycles. The van der Waals surface area contributed by atoms with Crippen LogP contribution < -0.4 is 0 Å². The minimum Gasteiger partial charge on any atom is -0.169 e. The topological polar surface area (TPSA) is 0 Å². The largest absolute Gasteiger partial charge is 0.169 e. The molecule has 2 rings (SSSR count). The smallest absolute Gasteiger partial charge is 0.0187 e. The lowest BCUT2D eigenvalue weighted by atomic mass is 10.2. The van der Waals surface area contributed by atoms with E-state index in [1.54, 1.807) is 11.8 Å². The van der Waals surface area contributed by atoms with Crippen LogP contribution in [-0.4, -0.2) is 12.5 Å². The summed E-state index contributed by atoms with van der Waals surface area (Å²) in [7, 11) is 0. The molecular formula is C14H30S. The van der Waals surface area contributed by atoms with Crippen molar-refractivity contribution in [2.45, 2.75) is 65.2 Å². The average molecular weight is 230 g/mol. The Hall–Kier alpha value is 0.350. The Morgan fingerprint density at radius 2 is 0.867 bits per heavy atom. The predicted octanol–water partition coefficient (Wildman–Crippen LogP) is 5.37. The predicted molar refractivity (Wildman–Crippen MR) is 74.7 cm³/mol. The quantitative estimate of drug-likeness (QED) is 0.539. The van der Waals surface area contributed by atoms with Gasteiger partial charge >= 0.3 is 0 Å². The molecule has 0 aliphatic heterocycles. The number of rotatable bonds is 0. The van der Waals surface area contributed by atoms with Gasteiger partial charge in [0, 0.05) is 0 Å². The molecule has 2 fully saturated rings. The van der Waals surface area contributed by atoms with Crippen LogP contribution >= 0.6 is 11.8 Å². The first-order chi connectivity index (χ1) is 7.20. The summed E-state index contributed by atoms with van der Waals surface area (Å²) < 4.78 is 0. The molecule has 0 atom stereocenters. The molecule has 0 spiro atoms. The molecule has 0 aromatic heterocycles. The molecule has 92 valence electrons. The Morgan fingerprint density at radius 1 is 0.667 bits per heavy atom. The standard InChI is InChI=1S/2C6H12.C2H6S/c2*1-6-4-2-3-5-6;1-3-2/h2*6H,2-5H2,1H3;1-2H3. The highest BCUT2D eigenvalue weighted by atomic mass is 32.2. The van der Waals surface area contributed by atoms with Crippen molar-refractivity contribution in [1.82, 2.24) is 0 Å². The zero-order chi connectivity index (χ0) is 11.5. The van der Waals surface area contributed by atoms with Crippen LogP contribution in [0.5, 0.6) is 0 Å². The van der Waals surface area contributed by atoms with E-state index < -0.39 is 0 Å². The fraction of sp³-hybridized carbons (Fsp3) is 1.00. The van der Waals surface area contributed by atoms with Gasteiger partial charge in [0.25, 0.3) is 0 Å². The Balaban J connectivity index is 0.000000210. The average Bonchev–Trinajstić information content (AvgIpc) is 2.81. The van der Waals surface area contributed by atoms with Crippen LogP contribution in [0.3, 0.4) is 0 Å². The minimum absolute atomic E-state index is 1.05. The van der Waals surface area contributed by atoms with E-state index in [9.17, 15) is 0 Å². The van der Waals surface area contributed by atoms with Crippen molar-refractivity contribution < 1.29 is 0 Å². The number of hydrogen-bond donors (Lipinski definition) is 0. The van der Waals surface area contributed by atoms with Gasteiger partial charge in [0.15, 0.2) is 0 Å². The van der Waals surface area contributed by atoms with Crippen molar-refractivity contribution >= 4 is 11.8 Å². The normalized spacial score (nSPS) is 21.6. The van der Waals surface area contributed by atoms with Crippen LogP contribution in [-0.2, 0) is 0 Å². The third-order valence-electron chi connectivity index (χ3n) is 3.29. The van der Waals surface area contributed by atoms with Crippen molar-refractivity contribution in [1.29, 1.82) is 0 Å². The Bertz CT molecular complexity index is 96.5. The molecule has 2 aliphatic rings. The lowest BCUT2D eigenvalue weighted by Gasteiger charge is -1.91. The monoisotopic (exact) mass is 230 g/mol. The Morgan fingerprint density at radius 3 is 0.933 bits per heavy atom. The summed E-state index contributed by atoms with van der Waals surface area (Å²) in [6.07, 6.45) is 16.0. The first kappa shape index (κ1) is 15.3. The molecule has 0 N–H and O–H groups in total. The van der Waals surface area contributed by atoms with E-state index in [2.05, 4.69) is 13.8 Å². The van der Waals surface area contributed by atoms with Crippen molar-refractivity contribution in [3.63, 3.8) is 0 Å². The first-order valence-electron chi connectivity index (χ1n) is 6.60. The first-order valence-corrected chi connectivity index (χ1v) is 8.24. The molecule has 0 unspecified atom stereocenters. The van der Waals surface area contributed by atoms with E-state index in [4.69, 9.17) is 0 Å². The second kappa shape index (κ2) is 10.9. The SMILES string of the molecule is CC1CCCC1.CC1CCCC1.CSC. The molecule has 0 bridgehead atoms. The third-order valence-corrected chi connectivity index (χ3v) is 3.29. The zero-order valence-electron chi connectivity index (χ0n) is 11.2. The molecule has 1 heteroatoms. The van der Waals surface area contributed by atoms with Gasteiger partial charge in [0.1, 0.15) is 0 Å². The number of thioether (sulfide) groups is 1. The summed E-state index contributed by atoms with van der Waals surface area (Å²) in [5, 5.41) is 0. The molecule has 0 radical (unpaired) electrons. The Labute approximate surface area is 102 Å². The van der Waals surface area contributed by atoms with Crippen molar-refractivity contribution in [3.05, 3.63) is 0 Å². The summed E-state index contributed by atoms with van der Waals surface area (Å²) >= 11 is 1.75. The van der Waals surface area contributed by atoms with Gasteiger partial charge < -0.3 is 0 Å². The van der Waals surface area contributed by atoms with Crippen molar-refractivity contribution in [3.8, 4) is 0 Å². The maximum Gasteiger partial charge on any atom is -0.0187 e. The summed E-state index contributed by atoms with van der Waals surface area (Å²) in [6, 6.07) is 0. The van der Waals surface area contributed by atoms with Gasteiger partial charge in [-0.05, 0) is 24.3 Å². The van der Waals surface area contributed by atoms with E-state index >= 15 is 0 Å². The van der Waals surface area contributed by atoms with Crippen LogP contribution in [0.2, 0.25) is 0 Å². The maximum absolute atomic E-state index is 2.34. The summed E-state index contributed by atoms with van der Waals surface area (Å²) in [6.45, 7) is 4.68. The molecule has 0 nitrogen and oxygen atoms in total. The van der Waals surface area contributed by atoms with Crippen LogP contribution in [0.15, 0.2) is 0 Å². The van der Waals surface area contributed by atoms with Crippen molar-refractivity contribution in [2.24, 2.45) is 11.8 Å². The molecule has 2 saturated carbocycles. The van der Waals surface area contributed by atoms with Gasteiger partial charge in [0.2, 0.25) is 0 Å². The summed E-state index contributed by atoms with van der Waals surface area (Å²) in [4.78, 5) is 0. The second-order valence-electron chi connectivity index (χ2n) is 5.19. The van der Waals surface area contributed by atoms with Gasteiger partial charge in [0.05, 0.1) is 0 Å². The zero-order valence-corrected chi connectivity index (χ0v) is 12.0. The minimum atomic E-state index is 1.05. The lowest BCUT2D eigenvalue weighted by Crippen LogP contribution is -1.78. The highest BCUT2D eigenvalue weighted by Crippen LogP contribution is 2.23. The van der Waals surface area contributed by atoms with E-state index in [0.717, 1.165) is 11.8 Å². The van der Waals surface area contributed by atoms with Gasteiger partial charge in [-0.15, -0.1) is 0 Å². The Kier molecular flexibility index (Phi) is 11.1. The number of hydrogen-bond acceptors (Lipinski definition) is 1. The van der Waals surface area contributed by atoms with E-state index in [1.165, 1.54) is 51.4 Å². The maximum atomic E-state index is 2.34. The fourth-order valence-electron chi connectivity index (χ4n) is 2.26. The van der Waals surface area contributed by atoms with Gasteiger partial charge in [-0.3, -0.25) is 0 Å². The highest BCUT2D eigenvalue weighted by molar-refractivity contribution is 7.97. The second-order valence-corrected chi connectivity index (χ2v) is 6.00. The molecule has 0 heterocycles. The van der Waals surface area contributed by atoms with E-state index in [1.807, 2.05) is 12.5 Å². The lowest BCUT2D eigenvalue weighted by molar-refractivity contribution is 0.612. The van der Waals surface area contributed by atoms with Gasteiger partial charge in [-0.25, -0.2) is 0 Å². The van der Waals surface area contributed by atoms with Crippen LogP contribution in [0.4, 0.5) is 0 Å². The van der Waals surface area contributed by atoms with Crippen LogP contribution in [0, 0.1) is 11.8 Å². The van der Waals surface area contributed by atoms with Gasteiger partial charge in [-0.2, -0.15) is 11.8 Å². The van der Waals surface area contributed by atoms with Crippen LogP contribution in [0.25, 0.3) is 0 Å². The summed E-state index contributed by atoms with van der Waals surface area (Å²) in [5.41, 5.74) is 0. The van der Waals surface area contributed by atoms with Crippen LogP contribution in [0.1, 0.15) is 65.2 Å². The van der Waals surface area contributed by atoms with E-state index in [0.29, 0.717) is 0 Å². The molecule has 0 amide bonds. The van der Waals surface area contributed by atoms with Crippen molar-refractivity contribution in [2.75, 3.05) is 12.5 Å². The molecule has 2 aliphatic carbocycles. The van der Waals surface area contributed by atoms with E-state index in [-0.39, 0.29) is 0 Å². The molecule has 0 aromatic rings.